The molecule has 1 N–H and O–H groups in total. The third kappa shape index (κ3) is 7.22. The van der Waals surface area contributed by atoms with Crippen LogP contribution in [0.1, 0.15) is 31.7 Å². The molecule has 5 nitrogen and oxygen atoms in total. The van der Waals surface area contributed by atoms with Crippen molar-refractivity contribution in [3.63, 3.8) is 0 Å². The van der Waals surface area contributed by atoms with Gasteiger partial charge in [0.2, 0.25) is 5.91 Å². The topological polar surface area (TPSA) is 47.9 Å². The van der Waals surface area contributed by atoms with E-state index in [0.717, 1.165) is 30.5 Å². The fraction of sp³-hybridized carbons (Fsp3) is 0.579. The van der Waals surface area contributed by atoms with Crippen molar-refractivity contribution in [3.05, 3.63) is 35.9 Å². The minimum Gasteiger partial charge on any atom is -0.356 e. The van der Waals surface area contributed by atoms with Crippen molar-refractivity contribution in [2.45, 2.75) is 32.7 Å². The molecule has 1 fully saturated rings. The molecule has 140 valence electrons. The van der Waals surface area contributed by atoms with Crippen LogP contribution >= 0.6 is 24.0 Å². The highest BCUT2D eigenvalue weighted by Crippen LogP contribution is 2.15. The maximum atomic E-state index is 12.3. The Morgan fingerprint density at radius 3 is 2.52 bits per heavy atom. The van der Waals surface area contributed by atoms with E-state index in [4.69, 9.17) is 0 Å². The number of halogens is 1. The molecule has 0 unspecified atom stereocenters. The van der Waals surface area contributed by atoms with Gasteiger partial charge in [-0.1, -0.05) is 37.3 Å². The lowest BCUT2D eigenvalue weighted by molar-refractivity contribution is -0.130. The lowest BCUT2D eigenvalue weighted by atomic mass is 10.00. The van der Waals surface area contributed by atoms with E-state index in [9.17, 15) is 4.79 Å². The van der Waals surface area contributed by atoms with Gasteiger partial charge in [-0.2, -0.15) is 0 Å². The minimum atomic E-state index is 0. The molecule has 2 rings (SSSR count). The zero-order valence-electron chi connectivity index (χ0n) is 15.6. The van der Waals surface area contributed by atoms with Gasteiger partial charge in [-0.15, -0.1) is 24.0 Å². The van der Waals surface area contributed by atoms with Crippen LogP contribution in [-0.4, -0.2) is 55.4 Å². The first kappa shape index (κ1) is 21.7. The quantitative estimate of drug-likeness (QED) is 0.420. The van der Waals surface area contributed by atoms with Gasteiger partial charge in [-0.05, 0) is 24.3 Å². The van der Waals surface area contributed by atoms with Gasteiger partial charge < -0.3 is 15.1 Å². The molecule has 0 atom stereocenters. The van der Waals surface area contributed by atoms with Gasteiger partial charge in [0.25, 0.3) is 0 Å². The Morgan fingerprint density at radius 2 is 1.92 bits per heavy atom. The molecule has 6 heteroatoms. The lowest BCUT2D eigenvalue weighted by Crippen LogP contribution is -2.46. The third-order valence-electron chi connectivity index (χ3n) is 4.61. The number of hydrogen-bond acceptors (Lipinski definition) is 2. The Kier molecular flexibility index (Phi) is 9.85. The second kappa shape index (κ2) is 11.3. The summed E-state index contributed by atoms with van der Waals surface area (Å²) in [5, 5.41) is 3.33. The van der Waals surface area contributed by atoms with Crippen LogP contribution in [0.5, 0.6) is 0 Å². The zero-order chi connectivity index (χ0) is 17.4. The van der Waals surface area contributed by atoms with Gasteiger partial charge in [0.15, 0.2) is 5.96 Å². The Labute approximate surface area is 168 Å². The monoisotopic (exact) mass is 458 g/mol. The van der Waals surface area contributed by atoms with Crippen LogP contribution in [0, 0.1) is 5.92 Å². The Balaban J connectivity index is 0.00000312. The lowest BCUT2D eigenvalue weighted by Gasteiger charge is -2.33. The second-order valence-electron chi connectivity index (χ2n) is 6.63. The summed E-state index contributed by atoms with van der Waals surface area (Å²) >= 11 is 0. The van der Waals surface area contributed by atoms with Gasteiger partial charge in [-0.3, -0.25) is 9.79 Å². The van der Waals surface area contributed by atoms with E-state index in [0.29, 0.717) is 19.5 Å². The number of benzene rings is 1. The second-order valence-corrected chi connectivity index (χ2v) is 6.63. The summed E-state index contributed by atoms with van der Waals surface area (Å²) in [5.41, 5.74) is 1.15. The van der Waals surface area contributed by atoms with Gasteiger partial charge >= 0.3 is 0 Å². The van der Waals surface area contributed by atoms with E-state index in [1.165, 1.54) is 12.8 Å². The third-order valence-corrected chi connectivity index (χ3v) is 4.61. The zero-order valence-corrected chi connectivity index (χ0v) is 17.9. The number of guanidine groups is 1. The van der Waals surface area contributed by atoms with Gasteiger partial charge in [-0.25, -0.2) is 0 Å². The summed E-state index contributed by atoms with van der Waals surface area (Å²) in [6, 6.07) is 10.1. The maximum absolute atomic E-state index is 12.3. The first-order chi connectivity index (χ1) is 11.6. The maximum Gasteiger partial charge on any atom is 0.224 e. The van der Waals surface area contributed by atoms with Crippen LogP contribution in [0.25, 0.3) is 0 Å². The van der Waals surface area contributed by atoms with Crippen molar-refractivity contribution < 1.29 is 4.79 Å². The van der Waals surface area contributed by atoms with E-state index in [2.05, 4.69) is 22.1 Å². The average molecular weight is 458 g/mol. The summed E-state index contributed by atoms with van der Waals surface area (Å²) in [4.78, 5) is 20.7. The molecule has 1 heterocycles. The number of nitrogens with zero attached hydrogens (tertiary/aromatic N) is 3. The van der Waals surface area contributed by atoms with Crippen molar-refractivity contribution in [1.29, 1.82) is 0 Å². The predicted octanol–water partition coefficient (Wildman–Crippen LogP) is 2.96. The number of piperidine rings is 1. The highest BCUT2D eigenvalue weighted by atomic mass is 127. The van der Waals surface area contributed by atoms with Gasteiger partial charge in [0.05, 0.1) is 0 Å². The summed E-state index contributed by atoms with van der Waals surface area (Å²) in [5.74, 6) is 1.86. The molecule has 1 amide bonds. The normalized spacial score (nSPS) is 15.5. The van der Waals surface area contributed by atoms with Crippen LogP contribution in [0.15, 0.2) is 35.3 Å². The molecule has 0 saturated carbocycles. The Hall–Kier alpha value is -1.31. The SMILES string of the molecule is CN=C(NCCC(=O)N(C)Cc1ccccc1)N1CCC(C)CC1.I. The fourth-order valence-corrected chi connectivity index (χ4v) is 2.97. The molecule has 0 aliphatic carbocycles. The molecule has 1 aliphatic rings. The predicted molar refractivity (Wildman–Crippen MR) is 114 cm³/mol. The van der Waals surface area contributed by atoms with E-state index in [1.54, 1.807) is 4.90 Å². The number of likely N-dealkylation sites (tertiary alicyclic amines) is 1. The Morgan fingerprint density at radius 1 is 1.28 bits per heavy atom. The van der Waals surface area contributed by atoms with Crippen LogP contribution in [0.3, 0.4) is 0 Å². The molecule has 1 saturated heterocycles. The van der Waals surface area contributed by atoms with Crippen LogP contribution in [0.2, 0.25) is 0 Å². The van der Waals surface area contributed by atoms with Crippen LogP contribution in [0.4, 0.5) is 0 Å². The standard InChI is InChI=1S/C19H30N4O.HI/c1-16-10-13-23(14-11-16)19(20-2)21-12-9-18(24)22(3)15-17-7-5-4-6-8-17;/h4-8,16H,9-15H2,1-3H3,(H,20,21);1H. The van der Waals surface area contributed by atoms with Crippen molar-refractivity contribution >= 4 is 35.8 Å². The summed E-state index contributed by atoms with van der Waals surface area (Å²) in [6.45, 7) is 5.66. The number of carbonyl (C=O) groups excluding carboxylic acids is 1. The first-order valence-electron chi connectivity index (χ1n) is 8.83. The van der Waals surface area contributed by atoms with E-state index in [1.807, 2.05) is 44.4 Å². The number of rotatable bonds is 5. The molecule has 0 spiro atoms. The number of aliphatic imine (C=N–C) groups is 1. The van der Waals surface area contributed by atoms with E-state index >= 15 is 0 Å². The molecule has 1 aromatic rings. The first-order valence-corrected chi connectivity index (χ1v) is 8.83. The number of amides is 1. The largest absolute Gasteiger partial charge is 0.356 e. The molecule has 25 heavy (non-hydrogen) atoms. The van der Waals surface area contributed by atoms with Crippen LogP contribution in [-0.2, 0) is 11.3 Å². The Bertz CT molecular complexity index is 542. The molecule has 0 radical (unpaired) electrons. The van der Waals surface area contributed by atoms with Gasteiger partial charge in [0.1, 0.15) is 0 Å². The number of hydrogen-bond donors (Lipinski definition) is 1. The highest BCUT2D eigenvalue weighted by Gasteiger charge is 2.18. The molecular weight excluding hydrogens is 427 g/mol. The summed E-state index contributed by atoms with van der Waals surface area (Å²) in [7, 11) is 3.67. The fourth-order valence-electron chi connectivity index (χ4n) is 2.97. The highest BCUT2D eigenvalue weighted by molar-refractivity contribution is 14.0. The smallest absolute Gasteiger partial charge is 0.224 e. The van der Waals surface area contributed by atoms with Gasteiger partial charge in [0, 0.05) is 46.7 Å². The molecule has 0 aromatic heterocycles. The molecular formula is C19H31IN4O. The molecule has 1 aliphatic heterocycles. The molecule has 1 aromatic carbocycles. The molecule has 0 bridgehead atoms. The summed E-state index contributed by atoms with van der Waals surface area (Å²) in [6.07, 6.45) is 2.89. The number of nitrogens with one attached hydrogen (secondary N) is 1. The average Bonchev–Trinajstić information content (AvgIpc) is 2.60. The summed E-state index contributed by atoms with van der Waals surface area (Å²) < 4.78 is 0. The van der Waals surface area contributed by atoms with E-state index < -0.39 is 0 Å². The van der Waals surface area contributed by atoms with Crippen molar-refractivity contribution in [3.8, 4) is 0 Å². The van der Waals surface area contributed by atoms with Crippen LogP contribution < -0.4 is 5.32 Å². The minimum absolute atomic E-state index is 0. The van der Waals surface area contributed by atoms with Crippen molar-refractivity contribution in [2.24, 2.45) is 10.9 Å². The van der Waals surface area contributed by atoms with E-state index in [-0.39, 0.29) is 29.9 Å². The number of carbonyl (C=O) groups is 1. The van der Waals surface area contributed by atoms with Crippen molar-refractivity contribution in [1.82, 2.24) is 15.1 Å². The van der Waals surface area contributed by atoms with Crippen molar-refractivity contribution in [2.75, 3.05) is 33.7 Å².